The molecule has 0 aliphatic carbocycles. The molecule has 1 atom stereocenters. The van der Waals surface area contributed by atoms with Crippen LogP contribution in [0.2, 0.25) is 0 Å². The number of ether oxygens (including phenoxy) is 1. The number of hydrogen-bond acceptors (Lipinski definition) is 4. The average Bonchev–Trinajstić information content (AvgIpc) is 3.04. The number of aliphatic carboxylic acids is 1. The quantitative estimate of drug-likeness (QED) is 0.104. The zero-order valence-corrected chi connectivity index (χ0v) is 26.1. The molecule has 1 amide bonds. The van der Waals surface area contributed by atoms with Gasteiger partial charge in [-0.2, -0.15) is 11.8 Å². The van der Waals surface area contributed by atoms with Crippen LogP contribution in [0.15, 0.2) is 132 Å². The van der Waals surface area contributed by atoms with Crippen LogP contribution >= 0.6 is 11.8 Å². The zero-order chi connectivity index (χ0) is 31.1. The Balaban J connectivity index is 1.33. The fourth-order valence-corrected chi connectivity index (χ4v) is 5.51. The number of carbonyl (C=O) groups excluding carboxylic acids is 1. The minimum absolute atomic E-state index is 0.246. The van der Waals surface area contributed by atoms with E-state index in [1.165, 1.54) is 39.6 Å². The van der Waals surface area contributed by atoms with E-state index in [0.29, 0.717) is 17.3 Å². The van der Waals surface area contributed by atoms with Crippen molar-refractivity contribution in [2.75, 3.05) is 11.5 Å². The molecule has 0 spiro atoms. The Labute approximate surface area is 264 Å². The molecule has 4 aromatic carbocycles. The number of carbonyl (C=O) groups is 2. The summed E-state index contributed by atoms with van der Waals surface area (Å²) in [6.07, 6.45) is 7.14. The number of aryl methyl sites for hydroxylation is 1. The molecular weight excluding hydrogens is 566 g/mol. The number of para-hydroxylation sites is 2. The molecule has 0 aromatic heterocycles. The first kappa shape index (κ1) is 32.4. The number of nitrogens with one attached hydrogen (secondary N) is 1. The predicted molar refractivity (Wildman–Crippen MR) is 182 cm³/mol. The zero-order valence-electron chi connectivity index (χ0n) is 25.2. The second-order valence-electron chi connectivity index (χ2n) is 10.7. The topological polar surface area (TPSA) is 75.6 Å². The Morgan fingerprint density at radius 3 is 2.14 bits per heavy atom. The van der Waals surface area contributed by atoms with Gasteiger partial charge in [-0.15, -0.1) is 0 Å². The largest absolute Gasteiger partial charge is 0.480 e. The average molecular weight is 606 g/mol. The van der Waals surface area contributed by atoms with E-state index in [9.17, 15) is 14.7 Å². The molecule has 6 heteroatoms. The van der Waals surface area contributed by atoms with Gasteiger partial charge in [0, 0.05) is 11.5 Å². The van der Waals surface area contributed by atoms with E-state index in [1.54, 1.807) is 36.4 Å². The van der Waals surface area contributed by atoms with Crippen molar-refractivity contribution in [3.05, 3.63) is 144 Å². The number of benzene rings is 4. The third-order valence-electron chi connectivity index (χ3n) is 7.05. The first-order valence-electron chi connectivity index (χ1n) is 14.8. The standard InChI is InChI=1S/C38H39NO4S/c1-28(2)17-18-30(20-19-29-21-23-32(24-22-29)31-11-5-3-6-12-31)25-26-44-27-35(38(41)42)39-37(40)34-15-9-10-16-36(34)43-33-13-7-4-8-14-33/h3-17,21-25,35H,18-20,26-27H2,1-2H3,(H,39,40)(H,41,42)/t35-/m0/s1. The smallest absolute Gasteiger partial charge is 0.327 e. The summed E-state index contributed by atoms with van der Waals surface area (Å²) in [7, 11) is 0. The molecule has 0 aliphatic heterocycles. The highest BCUT2D eigenvalue weighted by Gasteiger charge is 2.22. The normalized spacial score (nSPS) is 11.8. The Hall–Kier alpha value is -4.55. The first-order valence-corrected chi connectivity index (χ1v) is 15.9. The van der Waals surface area contributed by atoms with Crippen molar-refractivity contribution in [2.45, 2.75) is 39.2 Å². The van der Waals surface area contributed by atoms with Crippen molar-refractivity contribution in [3.8, 4) is 22.6 Å². The third-order valence-corrected chi connectivity index (χ3v) is 8.02. The van der Waals surface area contributed by atoms with Gasteiger partial charge in [-0.25, -0.2) is 4.79 Å². The molecule has 0 saturated carbocycles. The summed E-state index contributed by atoms with van der Waals surface area (Å²) < 4.78 is 5.89. The van der Waals surface area contributed by atoms with Gasteiger partial charge in [0.15, 0.2) is 0 Å². The molecule has 44 heavy (non-hydrogen) atoms. The summed E-state index contributed by atoms with van der Waals surface area (Å²) in [4.78, 5) is 25.1. The summed E-state index contributed by atoms with van der Waals surface area (Å²) in [6.45, 7) is 4.19. The van der Waals surface area contributed by atoms with E-state index in [-0.39, 0.29) is 11.3 Å². The lowest BCUT2D eigenvalue weighted by atomic mass is 9.99. The van der Waals surface area contributed by atoms with Gasteiger partial charge in [-0.05, 0) is 74.1 Å². The second kappa shape index (κ2) is 16.9. The van der Waals surface area contributed by atoms with E-state index in [0.717, 1.165) is 19.3 Å². The monoisotopic (exact) mass is 605 g/mol. The maximum atomic E-state index is 13.1. The van der Waals surface area contributed by atoms with Gasteiger partial charge in [-0.3, -0.25) is 4.79 Å². The van der Waals surface area contributed by atoms with Gasteiger partial charge in [0.05, 0.1) is 5.56 Å². The van der Waals surface area contributed by atoms with Gasteiger partial charge in [0.25, 0.3) is 5.91 Å². The van der Waals surface area contributed by atoms with Crippen molar-refractivity contribution in [3.63, 3.8) is 0 Å². The molecule has 4 rings (SSSR count). The number of carboxylic acids is 1. The summed E-state index contributed by atoms with van der Waals surface area (Å²) in [6, 6.07) is 34.1. The van der Waals surface area contributed by atoms with E-state index in [4.69, 9.17) is 4.74 Å². The molecule has 0 fully saturated rings. The van der Waals surface area contributed by atoms with Crippen molar-refractivity contribution < 1.29 is 19.4 Å². The highest BCUT2D eigenvalue weighted by atomic mass is 32.2. The maximum Gasteiger partial charge on any atom is 0.327 e. The molecule has 0 saturated heterocycles. The number of amides is 1. The van der Waals surface area contributed by atoms with E-state index < -0.39 is 17.9 Å². The van der Waals surface area contributed by atoms with Crippen molar-refractivity contribution in [1.29, 1.82) is 0 Å². The van der Waals surface area contributed by atoms with Crippen molar-refractivity contribution >= 4 is 23.6 Å². The maximum absolute atomic E-state index is 13.1. The lowest BCUT2D eigenvalue weighted by molar-refractivity contribution is -0.138. The van der Waals surface area contributed by atoms with E-state index >= 15 is 0 Å². The Kier molecular flexibility index (Phi) is 12.4. The molecule has 0 heterocycles. The highest BCUT2D eigenvalue weighted by Crippen LogP contribution is 2.25. The Bertz CT molecular complexity index is 1560. The van der Waals surface area contributed by atoms with Crippen LogP contribution in [0.4, 0.5) is 0 Å². The SMILES string of the molecule is CC(C)=CCC(=CCSC[C@H](NC(=O)c1ccccc1Oc1ccccc1)C(=O)O)CCc1ccc(-c2ccccc2)cc1. The van der Waals surface area contributed by atoms with Crippen LogP contribution < -0.4 is 10.1 Å². The molecule has 2 N–H and O–H groups in total. The summed E-state index contributed by atoms with van der Waals surface area (Å²) in [5.41, 5.74) is 6.56. The van der Waals surface area contributed by atoms with Crippen molar-refractivity contribution in [1.82, 2.24) is 5.32 Å². The molecule has 0 aliphatic rings. The molecule has 226 valence electrons. The van der Waals surface area contributed by atoms with E-state index in [1.807, 2.05) is 24.3 Å². The molecular formula is C38H39NO4S. The Morgan fingerprint density at radius 1 is 0.818 bits per heavy atom. The molecule has 5 nitrogen and oxygen atoms in total. The van der Waals surface area contributed by atoms with Gasteiger partial charge >= 0.3 is 5.97 Å². The number of thioether (sulfide) groups is 1. The summed E-state index contributed by atoms with van der Waals surface area (Å²) >= 11 is 1.49. The number of hydrogen-bond donors (Lipinski definition) is 2. The minimum atomic E-state index is -1.07. The highest BCUT2D eigenvalue weighted by molar-refractivity contribution is 7.99. The molecule has 4 aromatic rings. The molecule has 0 radical (unpaired) electrons. The van der Waals surface area contributed by atoms with Crippen LogP contribution in [0.5, 0.6) is 11.5 Å². The third kappa shape index (κ3) is 10.3. The minimum Gasteiger partial charge on any atom is -0.480 e. The van der Waals surface area contributed by atoms with Gasteiger partial charge in [0.2, 0.25) is 0 Å². The number of allylic oxidation sites excluding steroid dienone is 3. The summed E-state index contributed by atoms with van der Waals surface area (Å²) in [5.74, 6) is 0.317. The van der Waals surface area contributed by atoms with Crippen LogP contribution in [-0.4, -0.2) is 34.5 Å². The van der Waals surface area contributed by atoms with Gasteiger partial charge in [-0.1, -0.05) is 108 Å². The van der Waals surface area contributed by atoms with Crippen LogP contribution in [0.3, 0.4) is 0 Å². The lowest BCUT2D eigenvalue weighted by Crippen LogP contribution is -2.42. The van der Waals surface area contributed by atoms with Crippen molar-refractivity contribution in [2.24, 2.45) is 0 Å². The van der Waals surface area contributed by atoms with Crippen LogP contribution in [-0.2, 0) is 11.2 Å². The fourth-order valence-electron chi connectivity index (χ4n) is 4.55. The van der Waals surface area contributed by atoms with Crippen LogP contribution in [0, 0.1) is 0 Å². The van der Waals surface area contributed by atoms with Crippen LogP contribution in [0.1, 0.15) is 42.6 Å². The van der Waals surface area contributed by atoms with Gasteiger partial charge < -0.3 is 15.2 Å². The molecule has 0 unspecified atom stereocenters. The van der Waals surface area contributed by atoms with Crippen LogP contribution in [0.25, 0.3) is 11.1 Å². The Morgan fingerprint density at radius 2 is 1.45 bits per heavy atom. The second-order valence-corrected chi connectivity index (χ2v) is 11.8. The predicted octanol–water partition coefficient (Wildman–Crippen LogP) is 8.98. The number of rotatable bonds is 15. The van der Waals surface area contributed by atoms with Gasteiger partial charge in [0.1, 0.15) is 17.5 Å². The first-order chi connectivity index (χ1) is 21.4. The lowest BCUT2D eigenvalue weighted by Gasteiger charge is -2.16. The summed E-state index contributed by atoms with van der Waals surface area (Å²) in [5, 5.41) is 12.5. The number of carboxylic acid groups (broad SMARTS) is 1. The van der Waals surface area contributed by atoms with E-state index in [2.05, 4.69) is 79.8 Å². The molecule has 0 bridgehead atoms. The fraction of sp³-hybridized carbons (Fsp3) is 0.211.